The number of nitrogens with zero attached hydrogens (tertiary/aromatic N) is 2. The van der Waals surface area contributed by atoms with Crippen molar-refractivity contribution in [1.82, 2.24) is 10.1 Å². The van der Waals surface area contributed by atoms with Crippen molar-refractivity contribution in [1.29, 1.82) is 0 Å². The Morgan fingerprint density at radius 2 is 2.05 bits per heavy atom. The molecule has 2 aromatic rings. The van der Waals surface area contributed by atoms with Crippen molar-refractivity contribution < 1.29 is 9.26 Å². The SMILES string of the molecule is C=C1CC(c2noc(CCCOCc3ccccc3)n2)C1. The van der Waals surface area contributed by atoms with Crippen LogP contribution in [0.5, 0.6) is 0 Å². The third-order valence-corrected chi connectivity index (χ3v) is 3.71. The average Bonchev–Trinajstić information content (AvgIpc) is 2.93. The summed E-state index contributed by atoms with van der Waals surface area (Å²) in [6.07, 6.45) is 3.67. The number of ether oxygens (including phenoxy) is 1. The molecule has 21 heavy (non-hydrogen) atoms. The van der Waals surface area contributed by atoms with E-state index in [0.29, 0.717) is 25.0 Å². The predicted molar refractivity (Wildman–Crippen MR) is 79.8 cm³/mol. The van der Waals surface area contributed by atoms with Crippen molar-refractivity contribution >= 4 is 0 Å². The first kappa shape index (κ1) is 14.0. The number of aromatic nitrogens is 2. The van der Waals surface area contributed by atoms with E-state index in [1.807, 2.05) is 18.2 Å². The number of aryl methyl sites for hydroxylation is 1. The monoisotopic (exact) mass is 284 g/mol. The zero-order valence-corrected chi connectivity index (χ0v) is 12.1. The first-order chi connectivity index (χ1) is 10.3. The van der Waals surface area contributed by atoms with E-state index in [1.165, 1.54) is 11.1 Å². The quantitative estimate of drug-likeness (QED) is 0.575. The fourth-order valence-electron chi connectivity index (χ4n) is 2.44. The lowest BCUT2D eigenvalue weighted by Crippen LogP contribution is -2.13. The summed E-state index contributed by atoms with van der Waals surface area (Å²) < 4.78 is 10.9. The number of allylic oxidation sites excluding steroid dienone is 1. The fourth-order valence-corrected chi connectivity index (χ4v) is 2.44. The second-order valence-corrected chi connectivity index (χ2v) is 5.54. The van der Waals surface area contributed by atoms with Crippen molar-refractivity contribution in [3.63, 3.8) is 0 Å². The van der Waals surface area contributed by atoms with E-state index in [4.69, 9.17) is 9.26 Å². The van der Waals surface area contributed by atoms with Gasteiger partial charge in [-0.15, -0.1) is 0 Å². The van der Waals surface area contributed by atoms with Crippen LogP contribution in [0, 0.1) is 0 Å². The van der Waals surface area contributed by atoms with E-state index in [9.17, 15) is 0 Å². The lowest BCUT2D eigenvalue weighted by Gasteiger charge is -2.24. The van der Waals surface area contributed by atoms with Gasteiger partial charge < -0.3 is 9.26 Å². The van der Waals surface area contributed by atoms with Gasteiger partial charge in [-0.05, 0) is 24.8 Å². The normalized spacial score (nSPS) is 15.1. The van der Waals surface area contributed by atoms with Gasteiger partial charge in [-0.1, -0.05) is 47.6 Å². The van der Waals surface area contributed by atoms with Crippen LogP contribution in [0.2, 0.25) is 0 Å². The minimum Gasteiger partial charge on any atom is -0.377 e. The molecule has 0 spiro atoms. The lowest BCUT2D eigenvalue weighted by molar-refractivity contribution is 0.117. The molecule has 0 atom stereocenters. The lowest BCUT2D eigenvalue weighted by atomic mass is 9.81. The number of benzene rings is 1. The van der Waals surface area contributed by atoms with Gasteiger partial charge in [-0.3, -0.25) is 0 Å². The summed E-state index contributed by atoms with van der Waals surface area (Å²) in [4.78, 5) is 4.45. The van der Waals surface area contributed by atoms with Crippen LogP contribution < -0.4 is 0 Å². The molecule has 1 aromatic heterocycles. The van der Waals surface area contributed by atoms with Crippen molar-refractivity contribution in [2.45, 2.75) is 38.2 Å². The van der Waals surface area contributed by atoms with Gasteiger partial charge in [0.25, 0.3) is 0 Å². The summed E-state index contributed by atoms with van der Waals surface area (Å²) in [5.41, 5.74) is 2.48. The molecule has 4 heteroatoms. The molecule has 1 saturated carbocycles. The first-order valence-corrected chi connectivity index (χ1v) is 7.42. The van der Waals surface area contributed by atoms with Crippen molar-refractivity contribution in [3.05, 3.63) is 59.8 Å². The van der Waals surface area contributed by atoms with Crippen LogP contribution in [0.15, 0.2) is 47.0 Å². The molecule has 0 radical (unpaired) electrons. The minimum absolute atomic E-state index is 0.421. The molecule has 3 rings (SSSR count). The Hall–Kier alpha value is -1.94. The Morgan fingerprint density at radius 3 is 2.81 bits per heavy atom. The van der Waals surface area contributed by atoms with Gasteiger partial charge in [0, 0.05) is 18.9 Å². The van der Waals surface area contributed by atoms with Crippen molar-refractivity contribution in [2.24, 2.45) is 0 Å². The Labute approximate surface area is 124 Å². The molecule has 1 aliphatic rings. The maximum absolute atomic E-state index is 5.64. The highest BCUT2D eigenvalue weighted by atomic mass is 16.5. The topological polar surface area (TPSA) is 48.2 Å². The van der Waals surface area contributed by atoms with Crippen LogP contribution in [0.25, 0.3) is 0 Å². The third-order valence-electron chi connectivity index (χ3n) is 3.71. The molecule has 1 fully saturated rings. The largest absolute Gasteiger partial charge is 0.377 e. The molecule has 4 nitrogen and oxygen atoms in total. The van der Waals surface area contributed by atoms with Gasteiger partial charge in [0.1, 0.15) is 0 Å². The molecule has 0 saturated heterocycles. The van der Waals surface area contributed by atoms with Crippen LogP contribution in [-0.4, -0.2) is 16.7 Å². The summed E-state index contributed by atoms with van der Waals surface area (Å²) in [5, 5.41) is 4.05. The van der Waals surface area contributed by atoms with Gasteiger partial charge in [-0.25, -0.2) is 0 Å². The standard InChI is InChI=1S/C17H20N2O2/c1-13-10-15(11-13)17-18-16(21-19-17)8-5-9-20-12-14-6-3-2-4-7-14/h2-4,6-7,15H,1,5,8-12H2. The highest BCUT2D eigenvalue weighted by Crippen LogP contribution is 2.38. The Balaban J connectivity index is 1.35. The highest BCUT2D eigenvalue weighted by Gasteiger charge is 2.27. The van der Waals surface area contributed by atoms with Crippen LogP contribution in [0.4, 0.5) is 0 Å². The van der Waals surface area contributed by atoms with Gasteiger partial charge in [0.15, 0.2) is 5.82 Å². The molecule has 0 amide bonds. The molecular formula is C17H20N2O2. The molecule has 0 N–H and O–H groups in total. The molecule has 1 aliphatic carbocycles. The second kappa shape index (κ2) is 6.68. The van der Waals surface area contributed by atoms with Crippen molar-refractivity contribution in [3.8, 4) is 0 Å². The third kappa shape index (κ3) is 3.79. The smallest absolute Gasteiger partial charge is 0.226 e. The zero-order valence-electron chi connectivity index (χ0n) is 12.1. The van der Waals surface area contributed by atoms with E-state index in [0.717, 1.165) is 31.5 Å². The molecule has 110 valence electrons. The van der Waals surface area contributed by atoms with E-state index >= 15 is 0 Å². The van der Waals surface area contributed by atoms with Gasteiger partial charge in [-0.2, -0.15) is 4.98 Å². The maximum atomic E-state index is 5.64. The summed E-state index contributed by atoms with van der Waals surface area (Å²) >= 11 is 0. The Bertz CT molecular complexity index is 584. The molecule has 0 unspecified atom stereocenters. The molecule has 1 aromatic carbocycles. The van der Waals surface area contributed by atoms with E-state index in [2.05, 4.69) is 28.9 Å². The molecule has 0 aliphatic heterocycles. The molecular weight excluding hydrogens is 264 g/mol. The number of hydrogen-bond donors (Lipinski definition) is 0. The molecule has 0 bridgehead atoms. The van der Waals surface area contributed by atoms with Crippen molar-refractivity contribution in [2.75, 3.05) is 6.61 Å². The summed E-state index contributed by atoms with van der Waals surface area (Å²) in [5.74, 6) is 1.97. The number of hydrogen-bond acceptors (Lipinski definition) is 4. The minimum atomic E-state index is 0.421. The predicted octanol–water partition coefficient (Wildman–Crippen LogP) is 3.65. The fraction of sp³-hybridized carbons (Fsp3) is 0.412. The summed E-state index contributed by atoms with van der Waals surface area (Å²) in [7, 11) is 0. The van der Waals surface area contributed by atoms with Crippen LogP contribution >= 0.6 is 0 Å². The Kier molecular flexibility index (Phi) is 4.46. The van der Waals surface area contributed by atoms with Crippen LogP contribution in [-0.2, 0) is 17.8 Å². The average molecular weight is 284 g/mol. The van der Waals surface area contributed by atoms with Crippen LogP contribution in [0.1, 0.15) is 42.5 Å². The highest BCUT2D eigenvalue weighted by molar-refractivity contribution is 5.18. The number of rotatable bonds is 7. The van der Waals surface area contributed by atoms with Gasteiger partial charge >= 0.3 is 0 Å². The van der Waals surface area contributed by atoms with E-state index in [1.54, 1.807) is 0 Å². The van der Waals surface area contributed by atoms with Gasteiger partial charge in [0.2, 0.25) is 5.89 Å². The Morgan fingerprint density at radius 1 is 1.24 bits per heavy atom. The van der Waals surface area contributed by atoms with E-state index in [-0.39, 0.29) is 0 Å². The summed E-state index contributed by atoms with van der Waals surface area (Å²) in [6, 6.07) is 10.2. The maximum Gasteiger partial charge on any atom is 0.226 e. The zero-order chi connectivity index (χ0) is 14.5. The summed E-state index contributed by atoms with van der Waals surface area (Å²) in [6.45, 7) is 5.29. The first-order valence-electron chi connectivity index (χ1n) is 7.42. The van der Waals surface area contributed by atoms with E-state index < -0.39 is 0 Å². The second-order valence-electron chi connectivity index (χ2n) is 5.54. The molecule has 1 heterocycles. The van der Waals surface area contributed by atoms with Gasteiger partial charge in [0.05, 0.1) is 6.61 Å². The van der Waals surface area contributed by atoms with Crippen LogP contribution in [0.3, 0.4) is 0 Å².